The topological polar surface area (TPSA) is 79.3 Å². The van der Waals surface area contributed by atoms with Crippen LogP contribution in [0.25, 0.3) is 0 Å². The first kappa shape index (κ1) is 14.8. The van der Waals surface area contributed by atoms with Gasteiger partial charge in [0.25, 0.3) is 10.0 Å². The highest BCUT2D eigenvalue weighted by Crippen LogP contribution is 2.23. The minimum absolute atomic E-state index is 0.0305. The third-order valence-corrected chi connectivity index (χ3v) is 4.50. The number of sulfonamides is 1. The van der Waals surface area contributed by atoms with E-state index in [4.69, 9.17) is 16.7 Å². The normalized spacial score (nSPS) is 11.3. The van der Waals surface area contributed by atoms with Crippen LogP contribution in [0.3, 0.4) is 0 Å². The summed E-state index contributed by atoms with van der Waals surface area (Å²) in [5.41, 5.74) is 1.65. The number of anilines is 1. The van der Waals surface area contributed by atoms with E-state index in [0.29, 0.717) is 11.3 Å². The molecule has 0 spiro atoms. The SMILES string of the molecule is Cc1ccncc1NS(=O)(=O)c1ccc(CO)c(Cl)c1. The van der Waals surface area contributed by atoms with Crippen LogP contribution in [0.2, 0.25) is 5.02 Å². The third kappa shape index (κ3) is 3.09. The van der Waals surface area contributed by atoms with Gasteiger partial charge >= 0.3 is 0 Å². The fraction of sp³-hybridized carbons (Fsp3) is 0.154. The number of hydrogen-bond donors (Lipinski definition) is 2. The summed E-state index contributed by atoms with van der Waals surface area (Å²) in [6.45, 7) is 1.54. The molecule has 0 amide bonds. The van der Waals surface area contributed by atoms with Crippen LogP contribution in [-0.2, 0) is 16.6 Å². The Hall–Kier alpha value is -1.63. The Kier molecular flexibility index (Phi) is 4.27. The zero-order valence-corrected chi connectivity index (χ0v) is 12.2. The minimum Gasteiger partial charge on any atom is -0.392 e. The van der Waals surface area contributed by atoms with Crippen molar-refractivity contribution in [1.82, 2.24) is 4.98 Å². The molecular formula is C13H13ClN2O3S. The molecule has 2 N–H and O–H groups in total. The van der Waals surface area contributed by atoms with Crippen molar-refractivity contribution in [3.05, 3.63) is 52.8 Å². The van der Waals surface area contributed by atoms with Crippen molar-refractivity contribution < 1.29 is 13.5 Å². The smallest absolute Gasteiger partial charge is 0.262 e. The van der Waals surface area contributed by atoms with Crippen molar-refractivity contribution in [2.45, 2.75) is 18.4 Å². The van der Waals surface area contributed by atoms with Crippen molar-refractivity contribution in [1.29, 1.82) is 0 Å². The monoisotopic (exact) mass is 312 g/mol. The van der Waals surface area contributed by atoms with E-state index in [-0.39, 0.29) is 16.5 Å². The zero-order valence-electron chi connectivity index (χ0n) is 10.7. The Bertz CT molecular complexity index is 732. The number of nitrogens with zero attached hydrogens (tertiary/aromatic N) is 1. The Labute approximate surface area is 122 Å². The second kappa shape index (κ2) is 5.78. The summed E-state index contributed by atoms with van der Waals surface area (Å²) in [5, 5.41) is 9.23. The van der Waals surface area contributed by atoms with Gasteiger partial charge in [-0.1, -0.05) is 17.7 Å². The number of pyridine rings is 1. The number of aliphatic hydroxyl groups excluding tert-OH is 1. The van der Waals surface area contributed by atoms with Crippen molar-refractivity contribution in [3.8, 4) is 0 Å². The number of rotatable bonds is 4. The number of aliphatic hydroxyl groups is 1. The number of aromatic nitrogens is 1. The molecule has 1 heterocycles. The lowest BCUT2D eigenvalue weighted by Crippen LogP contribution is -2.14. The summed E-state index contributed by atoms with van der Waals surface area (Å²) in [6, 6.07) is 5.89. The zero-order chi connectivity index (χ0) is 14.8. The highest BCUT2D eigenvalue weighted by Gasteiger charge is 2.16. The van der Waals surface area contributed by atoms with Crippen molar-refractivity contribution in [3.63, 3.8) is 0 Å². The lowest BCUT2D eigenvalue weighted by molar-refractivity contribution is 0.282. The van der Waals surface area contributed by atoms with E-state index in [1.165, 1.54) is 24.4 Å². The maximum atomic E-state index is 12.2. The summed E-state index contributed by atoms with van der Waals surface area (Å²) in [6.07, 6.45) is 3.02. The van der Waals surface area contributed by atoms with E-state index in [1.807, 2.05) is 0 Å². The van der Waals surface area contributed by atoms with E-state index >= 15 is 0 Å². The van der Waals surface area contributed by atoms with Gasteiger partial charge in [0.15, 0.2) is 0 Å². The first-order valence-electron chi connectivity index (χ1n) is 5.77. The quantitative estimate of drug-likeness (QED) is 0.908. The van der Waals surface area contributed by atoms with Gasteiger partial charge < -0.3 is 5.11 Å². The van der Waals surface area contributed by atoms with Gasteiger partial charge in [0.05, 0.1) is 23.4 Å². The van der Waals surface area contributed by atoms with Crippen molar-refractivity contribution >= 4 is 27.3 Å². The molecule has 1 aromatic heterocycles. The number of halogens is 1. The molecule has 0 radical (unpaired) electrons. The molecule has 0 saturated carbocycles. The van der Waals surface area contributed by atoms with Crippen LogP contribution in [0.15, 0.2) is 41.6 Å². The van der Waals surface area contributed by atoms with Crippen LogP contribution >= 0.6 is 11.6 Å². The highest BCUT2D eigenvalue weighted by molar-refractivity contribution is 7.92. The Morgan fingerprint density at radius 2 is 2.10 bits per heavy atom. The molecule has 0 bridgehead atoms. The molecule has 0 atom stereocenters. The molecule has 0 fully saturated rings. The highest BCUT2D eigenvalue weighted by atomic mass is 35.5. The molecule has 0 unspecified atom stereocenters. The van der Waals surface area contributed by atoms with Crippen molar-refractivity contribution in [2.24, 2.45) is 0 Å². The van der Waals surface area contributed by atoms with E-state index in [2.05, 4.69) is 9.71 Å². The lowest BCUT2D eigenvalue weighted by atomic mass is 10.2. The number of hydrogen-bond acceptors (Lipinski definition) is 4. The summed E-state index contributed by atoms with van der Waals surface area (Å²) in [5.74, 6) is 0. The summed E-state index contributed by atoms with van der Waals surface area (Å²) >= 11 is 5.91. The molecule has 7 heteroatoms. The van der Waals surface area contributed by atoms with Crippen LogP contribution in [0.1, 0.15) is 11.1 Å². The number of benzene rings is 1. The van der Waals surface area contributed by atoms with Gasteiger partial charge in [-0.3, -0.25) is 9.71 Å². The fourth-order valence-electron chi connectivity index (χ4n) is 1.60. The molecule has 5 nitrogen and oxygen atoms in total. The number of aryl methyl sites for hydroxylation is 1. The molecule has 2 rings (SSSR count). The van der Waals surface area contributed by atoms with E-state index in [9.17, 15) is 8.42 Å². The van der Waals surface area contributed by atoms with Gasteiger partial charge in [0.2, 0.25) is 0 Å². The van der Waals surface area contributed by atoms with Gasteiger partial charge in [-0.25, -0.2) is 8.42 Å². The number of nitrogens with one attached hydrogen (secondary N) is 1. The average molecular weight is 313 g/mol. The molecular weight excluding hydrogens is 300 g/mol. The average Bonchev–Trinajstić information content (AvgIpc) is 2.41. The molecule has 0 aliphatic rings. The largest absolute Gasteiger partial charge is 0.392 e. The molecule has 106 valence electrons. The Balaban J connectivity index is 2.36. The summed E-state index contributed by atoms with van der Waals surface area (Å²) in [4.78, 5) is 3.91. The second-order valence-electron chi connectivity index (χ2n) is 4.21. The van der Waals surface area contributed by atoms with E-state index in [0.717, 1.165) is 5.56 Å². The van der Waals surface area contributed by atoms with Crippen LogP contribution < -0.4 is 4.72 Å². The predicted octanol–water partition coefficient (Wildman–Crippen LogP) is 2.34. The fourth-order valence-corrected chi connectivity index (χ4v) is 3.04. The minimum atomic E-state index is -3.74. The molecule has 0 aliphatic heterocycles. The summed E-state index contributed by atoms with van der Waals surface area (Å²) in [7, 11) is -3.74. The standard InChI is InChI=1S/C13H13ClN2O3S/c1-9-4-5-15-7-13(9)16-20(18,19)11-3-2-10(8-17)12(14)6-11/h2-7,16-17H,8H2,1H3. The predicted molar refractivity (Wildman–Crippen MR) is 77.2 cm³/mol. The maximum absolute atomic E-state index is 12.2. The first-order chi connectivity index (χ1) is 9.44. The molecule has 0 aliphatic carbocycles. The van der Waals surface area contributed by atoms with Gasteiger partial charge in [-0.15, -0.1) is 0 Å². The molecule has 2 aromatic rings. The van der Waals surface area contributed by atoms with Crippen LogP contribution in [0, 0.1) is 6.92 Å². The Morgan fingerprint density at radius 1 is 1.35 bits per heavy atom. The second-order valence-corrected chi connectivity index (χ2v) is 6.30. The van der Waals surface area contributed by atoms with Crippen LogP contribution in [0.4, 0.5) is 5.69 Å². The van der Waals surface area contributed by atoms with Crippen LogP contribution in [-0.4, -0.2) is 18.5 Å². The Morgan fingerprint density at radius 3 is 2.70 bits per heavy atom. The maximum Gasteiger partial charge on any atom is 0.262 e. The van der Waals surface area contributed by atoms with Gasteiger partial charge in [0.1, 0.15) is 0 Å². The first-order valence-corrected chi connectivity index (χ1v) is 7.63. The van der Waals surface area contributed by atoms with Crippen LogP contribution in [0.5, 0.6) is 0 Å². The van der Waals surface area contributed by atoms with E-state index < -0.39 is 10.0 Å². The van der Waals surface area contributed by atoms with Gasteiger partial charge in [-0.05, 0) is 36.2 Å². The third-order valence-electron chi connectivity index (χ3n) is 2.79. The summed E-state index contributed by atoms with van der Waals surface area (Å²) < 4.78 is 26.9. The lowest BCUT2D eigenvalue weighted by Gasteiger charge is -2.11. The van der Waals surface area contributed by atoms with Gasteiger partial charge in [0, 0.05) is 11.2 Å². The molecule has 20 heavy (non-hydrogen) atoms. The molecule has 1 aromatic carbocycles. The van der Waals surface area contributed by atoms with Gasteiger partial charge in [-0.2, -0.15) is 0 Å². The molecule has 0 saturated heterocycles. The van der Waals surface area contributed by atoms with Crippen molar-refractivity contribution in [2.75, 3.05) is 4.72 Å². The van der Waals surface area contributed by atoms with E-state index in [1.54, 1.807) is 19.2 Å².